The molecule has 0 radical (unpaired) electrons. The predicted molar refractivity (Wildman–Crippen MR) is 130 cm³/mol. The Balaban J connectivity index is 1.17. The highest BCUT2D eigenvalue weighted by atomic mass is 16.5. The maximum Gasteiger partial charge on any atom is 0.263 e. The van der Waals surface area contributed by atoms with Gasteiger partial charge in [-0.25, -0.2) is 0 Å². The standard InChI is InChI=1S/C27H28N4O3/c32-26-22-7-3-9-24(25(22)27(33)31(26)18-20-5-4-16-34-20)30-14-12-29(13-15-30)17-19-10-11-28-23-8-2-1-6-21(19)23/h1-3,6-11,20H,4-5,12-18H2. The number of fused-ring (bicyclic) bond motifs is 2. The van der Waals surface area contributed by atoms with Crippen molar-refractivity contribution in [3.05, 3.63) is 71.4 Å². The number of carbonyl (C=O) groups excluding carboxylic acids is 2. The zero-order valence-electron chi connectivity index (χ0n) is 19.2. The second-order valence-corrected chi connectivity index (χ2v) is 9.31. The van der Waals surface area contributed by atoms with E-state index < -0.39 is 0 Å². The largest absolute Gasteiger partial charge is 0.376 e. The van der Waals surface area contributed by atoms with Gasteiger partial charge < -0.3 is 9.64 Å². The third kappa shape index (κ3) is 3.75. The third-order valence-corrected chi connectivity index (χ3v) is 7.23. The third-order valence-electron chi connectivity index (χ3n) is 7.23. The Kier molecular flexibility index (Phi) is 5.51. The molecule has 4 heterocycles. The van der Waals surface area contributed by atoms with Crippen molar-refractivity contribution < 1.29 is 14.3 Å². The lowest BCUT2D eigenvalue weighted by atomic mass is 10.1. The molecule has 0 N–H and O–H groups in total. The molecule has 2 amide bonds. The molecule has 2 aromatic carbocycles. The van der Waals surface area contributed by atoms with Gasteiger partial charge in [-0.15, -0.1) is 0 Å². The SMILES string of the molecule is O=C1c2cccc(N3CCN(Cc4ccnc5ccccc45)CC3)c2C(=O)N1CC1CCCO1. The molecule has 174 valence electrons. The van der Waals surface area contributed by atoms with Gasteiger partial charge in [0.25, 0.3) is 11.8 Å². The molecular formula is C27H28N4O3. The van der Waals surface area contributed by atoms with E-state index in [1.807, 2.05) is 30.5 Å². The molecule has 3 aliphatic rings. The van der Waals surface area contributed by atoms with Crippen molar-refractivity contribution in [2.24, 2.45) is 0 Å². The number of amides is 2. The van der Waals surface area contributed by atoms with Crippen LogP contribution in [0.2, 0.25) is 0 Å². The lowest BCUT2D eigenvalue weighted by Gasteiger charge is -2.36. The van der Waals surface area contributed by atoms with Crippen molar-refractivity contribution in [2.75, 3.05) is 44.2 Å². The summed E-state index contributed by atoms with van der Waals surface area (Å²) in [5.74, 6) is -0.377. The van der Waals surface area contributed by atoms with Crippen LogP contribution in [0.1, 0.15) is 39.1 Å². The van der Waals surface area contributed by atoms with Gasteiger partial charge in [-0.2, -0.15) is 0 Å². The highest BCUT2D eigenvalue weighted by Gasteiger charge is 2.40. The number of benzene rings is 2. The van der Waals surface area contributed by atoms with Gasteiger partial charge in [0.2, 0.25) is 0 Å². The number of para-hydroxylation sites is 1. The Morgan fingerprint density at radius 1 is 0.941 bits per heavy atom. The Hall–Kier alpha value is -3.29. The molecule has 3 aliphatic heterocycles. The van der Waals surface area contributed by atoms with E-state index in [-0.39, 0.29) is 17.9 Å². The number of carbonyl (C=O) groups is 2. The van der Waals surface area contributed by atoms with Gasteiger partial charge in [-0.05, 0) is 42.7 Å². The number of piperazine rings is 1. The number of pyridine rings is 1. The summed E-state index contributed by atoms with van der Waals surface area (Å²) in [7, 11) is 0. The van der Waals surface area contributed by atoms with Crippen molar-refractivity contribution in [3.8, 4) is 0 Å². The van der Waals surface area contributed by atoms with Crippen molar-refractivity contribution in [1.29, 1.82) is 0 Å². The molecule has 3 aromatic rings. The number of nitrogens with zero attached hydrogens (tertiary/aromatic N) is 4. The molecule has 1 unspecified atom stereocenters. The highest BCUT2D eigenvalue weighted by molar-refractivity contribution is 6.23. The van der Waals surface area contributed by atoms with Gasteiger partial charge in [-0.1, -0.05) is 24.3 Å². The maximum absolute atomic E-state index is 13.3. The zero-order chi connectivity index (χ0) is 23.1. The quantitative estimate of drug-likeness (QED) is 0.549. The van der Waals surface area contributed by atoms with Crippen molar-refractivity contribution >= 4 is 28.4 Å². The summed E-state index contributed by atoms with van der Waals surface area (Å²) in [6.45, 7) is 5.33. The van der Waals surface area contributed by atoms with Crippen LogP contribution in [0.25, 0.3) is 10.9 Å². The summed E-state index contributed by atoms with van der Waals surface area (Å²) in [6.07, 6.45) is 3.72. The first-order chi connectivity index (χ1) is 16.7. The van der Waals surface area contributed by atoms with Crippen LogP contribution in [0.5, 0.6) is 0 Å². The average Bonchev–Trinajstić information content (AvgIpc) is 3.48. The number of hydrogen-bond donors (Lipinski definition) is 0. The summed E-state index contributed by atoms with van der Waals surface area (Å²) >= 11 is 0. The fourth-order valence-corrected chi connectivity index (χ4v) is 5.42. The van der Waals surface area contributed by atoms with Gasteiger partial charge >= 0.3 is 0 Å². The van der Waals surface area contributed by atoms with Crippen molar-refractivity contribution in [2.45, 2.75) is 25.5 Å². The molecule has 2 saturated heterocycles. The van der Waals surface area contributed by atoms with Crippen LogP contribution in [-0.2, 0) is 11.3 Å². The number of anilines is 1. The number of ether oxygens (including phenoxy) is 1. The molecule has 1 atom stereocenters. The van der Waals surface area contributed by atoms with Crippen LogP contribution in [0, 0.1) is 0 Å². The highest BCUT2D eigenvalue weighted by Crippen LogP contribution is 2.33. The first-order valence-corrected chi connectivity index (χ1v) is 12.1. The van der Waals surface area contributed by atoms with Crippen molar-refractivity contribution in [1.82, 2.24) is 14.8 Å². The summed E-state index contributed by atoms with van der Waals surface area (Å²) in [5, 5.41) is 1.20. The Morgan fingerprint density at radius 3 is 2.62 bits per heavy atom. The molecule has 0 saturated carbocycles. The molecular weight excluding hydrogens is 428 g/mol. The van der Waals surface area contributed by atoms with Gasteiger partial charge in [-0.3, -0.25) is 24.4 Å². The van der Waals surface area contributed by atoms with Crippen LogP contribution in [0.4, 0.5) is 5.69 Å². The number of rotatable bonds is 5. The number of aromatic nitrogens is 1. The second kappa shape index (κ2) is 8.81. The lowest BCUT2D eigenvalue weighted by Crippen LogP contribution is -2.46. The second-order valence-electron chi connectivity index (χ2n) is 9.31. The fraction of sp³-hybridized carbons (Fsp3) is 0.370. The molecule has 0 bridgehead atoms. The molecule has 7 heteroatoms. The average molecular weight is 457 g/mol. The zero-order valence-corrected chi connectivity index (χ0v) is 19.2. The molecule has 0 aliphatic carbocycles. The van der Waals surface area contributed by atoms with Crippen LogP contribution in [0.15, 0.2) is 54.7 Å². The lowest BCUT2D eigenvalue weighted by molar-refractivity contribution is 0.0475. The Morgan fingerprint density at radius 2 is 1.79 bits per heavy atom. The topological polar surface area (TPSA) is 66.0 Å². The summed E-state index contributed by atoms with van der Waals surface area (Å²) in [5.41, 5.74) is 4.25. The molecule has 0 spiro atoms. The molecule has 34 heavy (non-hydrogen) atoms. The predicted octanol–water partition coefficient (Wildman–Crippen LogP) is 3.33. The minimum atomic E-state index is -0.194. The van der Waals surface area contributed by atoms with Gasteiger partial charge in [0, 0.05) is 50.9 Å². The monoisotopic (exact) mass is 456 g/mol. The van der Waals surface area contributed by atoms with Gasteiger partial charge in [0.1, 0.15) is 0 Å². The smallest absolute Gasteiger partial charge is 0.263 e. The van der Waals surface area contributed by atoms with Gasteiger partial charge in [0.05, 0.1) is 35.0 Å². The minimum absolute atomic E-state index is 0.0431. The van der Waals surface area contributed by atoms with Crippen LogP contribution in [0.3, 0.4) is 0 Å². The van der Waals surface area contributed by atoms with Gasteiger partial charge in [0.15, 0.2) is 0 Å². The first kappa shape index (κ1) is 21.3. The normalized spacial score (nSPS) is 21.0. The first-order valence-electron chi connectivity index (χ1n) is 12.1. The van der Waals surface area contributed by atoms with E-state index in [0.717, 1.165) is 56.8 Å². The Labute approximate surface area is 198 Å². The summed E-state index contributed by atoms with van der Waals surface area (Å²) < 4.78 is 5.68. The maximum atomic E-state index is 13.3. The number of hydrogen-bond acceptors (Lipinski definition) is 6. The van der Waals surface area contributed by atoms with Crippen LogP contribution < -0.4 is 4.90 Å². The molecule has 6 rings (SSSR count). The van der Waals surface area contributed by atoms with E-state index in [2.05, 4.69) is 33.0 Å². The van der Waals surface area contributed by atoms with E-state index in [1.165, 1.54) is 15.8 Å². The van der Waals surface area contributed by atoms with E-state index in [0.29, 0.717) is 24.3 Å². The Bertz CT molecular complexity index is 1240. The minimum Gasteiger partial charge on any atom is -0.376 e. The van der Waals surface area contributed by atoms with Crippen LogP contribution >= 0.6 is 0 Å². The van der Waals surface area contributed by atoms with Crippen molar-refractivity contribution in [3.63, 3.8) is 0 Å². The molecule has 1 aromatic heterocycles. The number of imide groups is 1. The van der Waals surface area contributed by atoms with E-state index in [1.54, 1.807) is 6.07 Å². The summed E-state index contributed by atoms with van der Waals surface area (Å²) in [6, 6.07) is 16.0. The fourth-order valence-electron chi connectivity index (χ4n) is 5.42. The van der Waals surface area contributed by atoms with E-state index >= 15 is 0 Å². The molecule has 7 nitrogen and oxygen atoms in total. The van der Waals surface area contributed by atoms with E-state index in [9.17, 15) is 9.59 Å². The molecule has 2 fully saturated rings. The summed E-state index contributed by atoms with van der Waals surface area (Å²) in [4.78, 5) is 36.9. The van der Waals surface area contributed by atoms with Crippen LogP contribution in [-0.4, -0.2) is 72.0 Å². The van der Waals surface area contributed by atoms with E-state index in [4.69, 9.17) is 4.74 Å².